The van der Waals surface area contributed by atoms with Crippen LogP contribution in [0.2, 0.25) is 0 Å². The van der Waals surface area contributed by atoms with Crippen LogP contribution in [0.25, 0.3) is 0 Å². The van der Waals surface area contributed by atoms with Gasteiger partial charge in [-0.1, -0.05) is 48.5 Å². The fraction of sp³-hybridized carbons (Fsp3) is 0.308. The Morgan fingerprint density at radius 3 is 2.37 bits per heavy atom. The number of ether oxygens (including phenoxy) is 2. The standard InChI is InChI=1S/C26H28O4/c1-29-23-12-14-25-20(15-23)9-13-24(18-5-3-2-4-6-18)26(25)19-7-10-22(11-8-19)30-17-21(28)16-27/h2-8,10-12,14-15,21,24,26-28H,9,13,16-17H2,1H3/t21?,24-,26-/m1/s1. The van der Waals surface area contributed by atoms with Crippen molar-refractivity contribution in [1.82, 2.24) is 0 Å². The van der Waals surface area contributed by atoms with Crippen LogP contribution in [0.3, 0.4) is 0 Å². The SMILES string of the molecule is COc1ccc2c(c1)CC[C@H](c1ccccc1)[C@H]2c1ccc(OCC(O)CO)cc1. The zero-order valence-corrected chi connectivity index (χ0v) is 17.2. The number of hydrogen-bond donors (Lipinski definition) is 2. The zero-order chi connectivity index (χ0) is 20.9. The van der Waals surface area contributed by atoms with E-state index in [2.05, 4.69) is 54.6 Å². The van der Waals surface area contributed by atoms with Crippen molar-refractivity contribution in [2.75, 3.05) is 20.3 Å². The number of benzene rings is 3. The molecule has 0 heterocycles. The minimum atomic E-state index is -0.868. The lowest BCUT2D eigenvalue weighted by Gasteiger charge is -2.35. The average molecular weight is 405 g/mol. The summed E-state index contributed by atoms with van der Waals surface area (Å²) in [4.78, 5) is 0. The summed E-state index contributed by atoms with van der Waals surface area (Å²) in [5.41, 5.74) is 5.29. The molecule has 1 aliphatic carbocycles. The van der Waals surface area contributed by atoms with E-state index < -0.39 is 6.10 Å². The lowest BCUT2D eigenvalue weighted by atomic mass is 9.69. The van der Waals surface area contributed by atoms with Gasteiger partial charge in [0.05, 0.1) is 13.7 Å². The molecular weight excluding hydrogens is 376 g/mol. The molecule has 1 unspecified atom stereocenters. The van der Waals surface area contributed by atoms with E-state index in [9.17, 15) is 5.11 Å². The number of aliphatic hydroxyl groups excluding tert-OH is 2. The first kappa shape index (κ1) is 20.5. The maximum absolute atomic E-state index is 9.51. The van der Waals surface area contributed by atoms with Crippen LogP contribution in [-0.2, 0) is 6.42 Å². The highest BCUT2D eigenvalue weighted by atomic mass is 16.5. The van der Waals surface area contributed by atoms with Crippen molar-refractivity contribution in [3.05, 3.63) is 95.1 Å². The molecule has 4 rings (SSSR count). The van der Waals surface area contributed by atoms with Gasteiger partial charge in [0.15, 0.2) is 0 Å². The Morgan fingerprint density at radius 2 is 1.67 bits per heavy atom. The van der Waals surface area contributed by atoms with E-state index >= 15 is 0 Å². The van der Waals surface area contributed by atoms with Crippen LogP contribution in [0.5, 0.6) is 11.5 Å². The maximum Gasteiger partial charge on any atom is 0.119 e. The molecule has 0 saturated heterocycles. The summed E-state index contributed by atoms with van der Waals surface area (Å²) >= 11 is 0. The topological polar surface area (TPSA) is 58.9 Å². The summed E-state index contributed by atoms with van der Waals surface area (Å²) in [6.07, 6.45) is 1.24. The van der Waals surface area contributed by atoms with E-state index in [1.807, 2.05) is 18.2 Å². The van der Waals surface area contributed by atoms with Crippen LogP contribution < -0.4 is 9.47 Å². The van der Waals surface area contributed by atoms with Crippen LogP contribution in [0.4, 0.5) is 0 Å². The summed E-state index contributed by atoms with van der Waals surface area (Å²) in [6, 6.07) is 25.3. The van der Waals surface area contributed by atoms with Gasteiger partial charge in [-0.3, -0.25) is 0 Å². The predicted octanol–water partition coefficient (Wildman–Crippen LogP) is 4.29. The first-order chi connectivity index (χ1) is 14.7. The van der Waals surface area contributed by atoms with Gasteiger partial charge >= 0.3 is 0 Å². The highest BCUT2D eigenvalue weighted by Crippen LogP contribution is 2.47. The number of fused-ring (bicyclic) bond motifs is 1. The van der Waals surface area contributed by atoms with Gasteiger partial charge in [0.1, 0.15) is 24.2 Å². The van der Waals surface area contributed by atoms with Crippen molar-refractivity contribution >= 4 is 0 Å². The molecule has 0 bridgehead atoms. The molecule has 3 aromatic carbocycles. The van der Waals surface area contributed by atoms with Gasteiger partial charge in [0, 0.05) is 5.92 Å². The van der Waals surface area contributed by atoms with Crippen molar-refractivity contribution < 1.29 is 19.7 Å². The Morgan fingerprint density at radius 1 is 0.933 bits per heavy atom. The first-order valence-corrected chi connectivity index (χ1v) is 10.4. The summed E-state index contributed by atoms with van der Waals surface area (Å²) < 4.78 is 11.0. The van der Waals surface area contributed by atoms with Crippen LogP contribution in [-0.4, -0.2) is 36.6 Å². The normalized spacial score (nSPS) is 19.0. The van der Waals surface area contributed by atoms with Crippen LogP contribution in [0.15, 0.2) is 72.8 Å². The van der Waals surface area contributed by atoms with E-state index in [-0.39, 0.29) is 19.1 Å². The largest absolute Gasteiger partial charge is 0.497 e. The monoisotopic (exact) mass is 404 g/mol. The van der Waals surface area contributed by atoms with Crippen LogP contribution in [0.1, 0.15) is 40.5 Å². The number of methoxy groups -OCH3 is 1. The molecular formula is C26H28O4. The van der Waals surface area contributed by atoms with E-state index in [1.54, 1.807) is 7.11 Å². The molecule has 30 heavy (non-hydrogen) atoms. The first-order valence-electron chi connectivity index (χ1n) is 10.4. The van der Waals surface area contributed by atoms with Gasteiger partial charge in [-0.15, -0.1) is 0 Å². The molecule has 0 fully saturated rings. The van der Waals surface area contributed by atoms with E-state index in [0.29, 0.717) is 11.7 Å². The van der Waals surface area contributed by atoms with Crippen molar-refractivity contribution in [2.45, 2.75) is 30.8 Å². The molecule has 0 spiro atoms. The smallest absolute Gasteiger partial charge is 0.119 e. The third-order valence-corrected chi connectivity index (χ3v) is 5.93. The Labute approximate surface area is 177 Å². The molecule has 3 atom stereocenters. The highest BCUT2D eigenvalue weighted by molar-refractivity contribution is 5.48. The van der Waals surface area contributed by atoms with Gasteiger partial charge in [-0.2, -0.15) is 0 Å². The van der Waals surface area contributed by atoms with Crippen LogP contribution >= 0.6 is 0 Å². The van der Waals surface area contributed by atoms with Crippen molar-refractivity contribution in [3.63, 3.8) is 0 Å². The van der Waals surface area contributed by atoms with Gasteiger partial charge in [-0.05, 0) is 65.3 Å². The summed E-state index contributed by atoms with van der Waals surface area (Å²) in [5.74, 6) is 2.24. The minimum Gasteiger partial charge on any atom is -0.497 e. The van der Waals surface area contributed by atoms with Gasteiger partial charge in [0.2, 0.25) is 0 Å². The Hall–Kier alpha value is -2.82. The van der Waals surface area contributed by atoms with E-state index in [0.717, 1.165) is 18.6 Å². The van der Waals surface area contributed by atoms with Crippen molar-refractivity contribution in [1.29, 1.82) is 0 Å². The summed E-state index contributed by atoms with van der Waals surface area (Å²) in [7, 11) is 1.71. The van der Waals surface area contributed by atoms with Crippen molar-refractivity contribution in [2.24, 2.45) is 0 Å². The number of aliphatic hydroxyl groups is 2. The third-order valence-electron chi connectivity index (χ3n) is 5.93. The molecule has 2 N–H and O–H groups in total. The molecule has 156 valence electrons. The molecule has 4 nitrogen and oxygen atoms in total. The quantitative estimate of drug-likeness (QED) is 0.617. The second-order valence-electron chi connectivity index (χ2n) is 7.81. The van der Waals surface area contributed by atoms with Gasteiger partial charge in [0.25, 0.3) is 0 Å². The van der Waals surface area contributed by atoms with Crippen LogP contribution in [0, 0.1) is 0 Å². The van der Waals surface area contributed by atoms with Gasteiger partial charge < -0.3 is 19.7 Å². The average Bonchev–Trinajstić information content (AvgIpc) is 2.82. The Kier molecular flexibility index (Phi) is 6.36. The molecule has 0 amide bonds. The predicted molar refractivity (Wildman–Crippen MR) is 117 cm³/mol. The molecule has 4 heteroatoms. The fourth-order valence-electron chi connectivity index (χ4n) is 4.41. The third kappa shape index (κ3) is 4.35. The fourth-order valence-corrected chi connectivity index (χ4v) is 4.41. The number of rotatable bonds is 7. The second kappa shape index (κ2) is 9.33. The second-order valence-corrected chi connectivity index (χ2v) is 7.81. The number of hydrogen-bond acceptors (Lipinski definition) is 4. The summed E-state index contributed by atoms with van der Waals surface area (Å²) in [6.45, 7) is -0.228. The van der Waals surface area contributed by atoms with E-state index in [4.69, 9.17) is 14.6 Å². The molecule has 3 aromatic rings. The minimum absolute atomic E-state index is 0.0779. The summed E-state index contributed by atoms with van der Waals surface area (Å²) in [5, 5.41) is 18.5. The zero-order valence-electron chi connectivity index (χ0n) is 17.2. The Balaban J connectivity index is 1.68. The van der Waals surface area contributed by atoms with E-state index in [1.165, 1.54) is 22.3 Å². The molecule has 0 aliphatic heterocycles. The van der Waals surface area contributed by atoms with Crippen molar-refractivity contribution in [3.8, 4) is 11.5 Å². The Bertz CT molecular complexity index is 953. The maximum atomic E-state index is 9.51. The lowest BCUT2D eigenvalue weighted by Crippen LogP contribution is -2.21. The molecule has 0 radical (unpaired) electrons. The number of aryl methyl sites for hydroxylation is 1. The van der Waals surface area contributed by atoms with Gasteiger partial charge in [-0.25, -0.2) is 0 Å². The molecule has 1 aliphatic rings. The highest BCUT2D eigenvalue weighted by Gasteiger charge is 2.32. The lowest BCUT2D eigenvalue weighted by molar-refractivity contribution is 0.0536. The molecule has 0 aromatic heterocycles. The molecule has 0 saturated carbocycles.